The maximum absolute atomic E-state index is 12.0. The van der Waals surface area contributed by atoms with Crippen molar-refractivity contribution in [3.63, 3.8) is 0 Å². The molecule has 2 atom stereocenters. The van der Waals surface area contributed by atoms with E-state index in [1.807, 2.05) is 49.4 Å². The highest BCUT2D eigenvalue weighted by atomic mass is 16.5. The Balaban J connectivity index is 1.82. The second kappa shape index (κ2) is 8.37. The van der Waals surface area contributed by atoms with Gasteiger partial charge >= 0.3 is 0 Å². The third-order valence-corrected chi connectivity index (χ3v) is 4.11. The van der Waals surface area contributed by atoms with Crippen molar-refractivity contribution in [1.82, 2.24) is 5.32 Å². The summed E-state index contributed by atoms with van der Waals surface area (Å²) in [4.78, 5) is 12.0. The number of rotatable bonds is 7. The van der Waals surface area contributed by atoms with Gasteiger partial charge in [-0.15, -0.1) is 0 Å². The lowest BCUT2D eigenvalue weighted by Crippen LogP contribution is -2.31. The molecule has 0 saturated carbocycles. The van der Waals surface area contributed by atoms with E-state index in [0.717, 1.165) is 17.7 Å². The number of ether oxygens (including phenoxy) is 1. The summed E-state index contributed by atoms with van der Waals surface area (Å²) in [5.41, 5.74) is 2.38. The molecule has 1 N–H and O–H groups in total. The van der Waals surface area contributed by atoms with Crippen LogP contribution in [0.15, 0.2) is 54.6 Å². The Hall–Kier alpha value is -2.29. The van der Waals surface area contributed by atoms with Crippen molar-refractivity contribution in [2.75, 3.05) is 6.61 Å². The number of benzene rings is 2. The number of hydrogen-bond donors (Lipinski definition) is 1. The van der Waals surface area contributed by atoms with Crippen molar-refractivity contribution in [3.05, 3.63) is 65.7 Å². The third kappa shape index (κ3) is 5.13. The first-order valence-corrected chi connectivity index (χ1v) is 8.17. The van der Waals surface area contributed by atoms with Gasteiger partial charge in [0, 0.05) is 0 Å². The lowest BCUT2D eigenvalue weighted by Gasteiger charge is -2.15. The van der Waals surface area contributed by atoms with Gasteiger partial charge in [0.2, 0.25) is 0 Å². The van der Waals surface area contributed by atoms with Crippen LogP contribution in [0.2, 0.25) is 0 Å². The topological polar surface area (TPSA) is 38.3 Å². The van der Waals surface area contributed by atoms with Crippen LogP contribution in [-0.4, -0.2) is 12.5 Å². The van der Waals surface area contributed by atoms with Crippen molar-refractivity contribution in [2.45, 2.75) is 39.2 Å². The Kier molecular flexibility index (Phi) is 6.21. The zero-order valence-electron chi connectivity index (χ0n) is 14.1. The molecule has 122 valence electrons. The number of nitrogens with one attached hydrogen (secondary N) is 1. The molecule has 0 bridgehead atoms. The monoisotopic (exact) mass is 311 g/mol. The predicted octanol–water partition coefficient (Wildman–Crippen LogP) is 4.46. The van der Waals surface area contributed by atoms with E-state index >= 15 is 0 Å². The molecule has 0 saturated heterocycles. The van der Waals surface area contributed by atoms with Gasteiger partial charge in [-0.25, -0.2) is 0 Å². The Morgan fingerprint density at radius 1 is 1.00 bits per heavy atom. The normalized spacial score (nSPS) is 13.2. The first-order valence-electron chi connectivity index (χ1n) is 8.17. The van der Waals surface area contributed by atoms with E-state index in [4.69, 9.17) is 4.74 Å². The summed E-state index contributed by atoms with van der Waals surface area (Å²) in [6.45, 7) is 6.37. The van der Waals surface area contributed by atoms with Gasteiger partial charge in [-0.3, -0.25) is 4.79 Å². The molecule has 0 radical (unpaired) electrons. The standard InChI is InChI=1S/C20H25NO2/c1-4-15(2)17-10-12-19(13-11-17)23-14-20(22)21-16(3)18-8-6-5-7-9-18/h5-13,15-16H,4,14H2,1-3H3,(H,21,22)/t15-,16+/m1/s1. The molecule has 2 rings (SSSR count). The molecule has 23 heavy (non-hydrogen) atoms. The molecule has 0 heterocycles. The van der Waals surface area contributed by atoms with E-state index < -0.39 is 0 Å². The lowest BCUT2D eigenvalue weighted by atomic mass is 9.99. The smallest absolute Gasteiger partial charge is 0.258 e. The largest absolute Gasteiger partial charge is 0.484 e. The van der Waals surface area contributed by atoms with Crippen LogP contribution in [0.1, 0.15) is 50.3 Å². The fourth-order valence-corrected chi connectivity index (χ4v) is 2.39. The van der Waals surface area contributed by atoms with Crippen LogP contribution in [0, 0.1) is 0 Å². The summed E-state index contributed by atoms with van der Waals surface area (Å²) in [5, 5.41) is 2.94. The molecule has 0 spiro atoms. The third-order valence-electron chi connectivity index (χ3n) is 4.11. The van der Waals surface area contributed by atoms with Crippen molar-refractivity contribution in [3.8, 4) is 5.75 Å². The average Bonchev–Trinajstić information content (AvgIpc) is 2.60. The maximum atomic E-state index is 12.0. The minimum atomic E-state index is -0.118. The molecular formula is C20H25NO2. The van der Waals surface area contributed by atoms with Crippen molar-refractivity contribution >= 4 is 5.91 Å². The lowest BCUT2D eigenvalue weighted by molar-refractivity contribution is -0.123. The number of hydrogen-bond acceptors (Lipinski definition) is 2. The van der Waals surface area contributed by atoms with Crippen LogP contribution in [0.5, 0.6) is 5.75 Å². The molecule has 3 nitrogen and oxygen atoms in total. The van der Waals surface area contributed by atoms with E-state index in [9.17, 15) is 4.79 Å². The molecule has 2 aromatic carbocycles. The van der Waals surface area contributed by atoms with Crippen LogP contribution in [0.4, 0.5) is 0 Å². The second-order valence-corrected chi connectivity index (χ2v) is 5.87. The van der Waals surface area contributed by atoms with Gasteiger partial charge < -0.3 is 10.1 Å². The summed E-state index contributed by atoms with van der Waals surface area (Å²) >= 11 is 0. The second-order valence-electron chi connectivity index (χ2n) is 5.87. The number of carbonyl (C=O) groups is 1. The van der Waals surface area contributed by atoms with E-state index in [1.54, 1.807) is 0 Å². The van der Waals surface area contributed by atoms with Gasteiger partial charge in [-0.2, -0.15) is 0 Å². The van der Waals surface area contributed by atoms with Gasteiger partial charge in [0.1, 0.15) is 5.75 Å². The van der Waals surface area contributed by atoms with Crippen molar-refractivity contribution < 1.29 is 9.53 Å². The molecule has 2 aromatic rings. The van der Waals surface area contributed by atoms with Crippen molar-refractivity contribution in [2.24, 2.45) is 0 Å². The van der Waals surface area contributed by atoms with E-state index in [0.29, 0.717) is 5.92 Å². The summed E-state index contributed by atoms with van der Waals surface area (Å²) in [7, 11) is 0. The summed E-state index contributed by atoms with van der Waals surface area (Å²) in [6.07, 6.45) is 1.11. The highest BCUT2D eigenvalue weighted by Gasteiger charge is 2.10. The van der Waals surface area contributed by atoms with Gasteiger partial charge in [-0.05, 0) is 42.5 Å². The highest BCUT2D eigenvalue weighted by molar-refractivity contribution is 5.78. The predicted molar refractivity (Wildman–Crippen MR) is 93.6 cm³/mol. The number of carbonyl (C=O) groups excluding carboxylic acids is 1. The average molecular weight is 311 g/mol. The molecule has 1 amide bonds. The van der Waals surface area contributed by atoms with E-state index in [-0.39, 0.29) is 18.6 Å². The zero-order chi connectivity index (χ0) is 16.7. The van der Waals surface area contributed by atoms with Crippen molar-refractivity contribution in [1.29, 1.82) is 0 Å². The Morgan fingerprint density at radius 2 is 1.65 bits per heavy atom. The van der Waals surface area contributed by atoms with E-state index in [2.05, 4.69) is 31.3 Å². The summed E-state index contributed by atoms with van der Waals surface area (Å²) < 4.78 is 5.56. The SMILES string of the molecule is CC[C@@H](C)c1ccc(OCC(=O)N[C@@H](C)c2ccccc2)cc1. The van der Waals surface area contributed by atoms with Gasteiger partial charge in [0.15, 0.2) is 6.61 Å². The molecule has 3 heteroatoms. The first kappa shape index (κ1) is 17.1. The molecule has 0 aliphatic rings. The molecule has 0 aliphatic carbocycles. The maximum Gasteiger partial charge on any atom is 0.258 e. The van der Waals surface area contributed by atoms with Crippen LogP contribution in [0.3, 0.4) is 0 Å². The van der Waals surface area contributed by atoms with Gasteiger partial charge in [0.25, 0.3) is 5.91 Å². The van der Waals surface area contributed by atoms with Gasteiger partial charge in [0.05, 0.1) is 6.04 Å². The van der Waals surface area contributed by atoms with E-state index in [1.165, 1.54) is 5.56 Å². The molecule has 0 fully saturated rings. The van der Waals surface area contributed by atoms with Crippen LogP contribution < -0.4 is 10.1 Å². The molecule has 0 aliphatic heterocycles. The Labute approximate surface area is 138 Å². The summed E-state index contributed by atoms with van der Waals surface area (Å²) in [6, 6.07) is 17.8. The number of amides is 1. The summed E-state index contributed by atoms with van der Waals surface area (Å²) in [5.74, 6) is 1.14. The van der Waals surface area contributed by atoms with Crippen LogP contribution in [-0.2, 0) is 4.79 Å². The first-order chi connectivity index (χ1) is 11.1. The minimum Gasteiger partial charge on any atom is -0.484 e. The van der Waals surface area contributed by atoms with Crippen LogP contribution in [0.25, 0.3) is 0 Å². The Morgan fingerprint density at radius 3 is 2.26 bits per heavy atom. The fourth-order valence-electron chi connectivity index (χ4n) is 2.39. The highest BCUT2D eigenvalue weighted by Crippen LogP contribution is 2.21. The molecular weight excluding hydrogens is 286 g/mol. The fraction of sp³-hybridized carbons (Fsp3) is 0.350. The minimum absolute atomic E-state index is 0.0276. The molecule has 0 unspecified atom stereocenters. The quantitative estimate of drug-likeness (QED) is 0.820. The molecule has 0 aromatic heterocycles. The Bertz CT molecular complexity index is 607. The van der Waals surface area contributed by atoms with Gasteiger partial charge in [-0.1, -0.05) is 56.3 Å². The van der Waals surface area contributed by atoms with Crippen LogP contribution >= 0.6 is 0 Å². The zero-order valence-corrected chi connectivity index (χ0v) is 14.1.